The van der Waals surface area contributed by atoms with Crippen molar-refractivity contribution in [3.05, 3.63) is 30.1 Å². The van der Waals surface area contributed by atoms with E-state index in [4.69, 9.17) is 0 Å². The molecule has 3 nitrogen and oxygen atoms in total. The Balaban J connectivity index is 2.04. The standard InChI is InChI=1S/C11H14N2O/c1-8-7-11(8,2)13-10(14)9-5-3-4-6-12-9/h3-6,8H,7H2,1-2H3,(H,13,14). The van der Waals surface area contributed by atoms with E-state index in [1.807, 2.05) is 6.07 Å². The van der Waals surface area contributed by atoms with Gasteiger partial charge in [-0.1, -0.05) is 13.0 Å². The van der Waals surface area contributed by atoms with Crippen molar-refractivity contribution in [1.29, 1.82) is 0 Å². The Morgan fingerprint density at radius 2 is 2.36 bits per heavy atom. The fourth-order valence-corrected chi connectivity index (χ4v) is 1.57. The fourth-order valence-electron chi connectivity index (χ4n) is 1.57. The molecule has 2 unspecified atom stereocenters. The summed E-state index contributed by atoms with van der Waals surface area (Å²) >= 11 is 0. The van der Waals surface area contributed by atoms with Crippen molar-refractivity contribution in [2.24, 2.45) is 5.92 Å². The molecule has 1 aromatic rings. The van der Waals surface area contributed by atoms with Gasteiger partial charge in [0, 0.05) is 11.7 Å². The van der Waals surface area contributed by atoms with Gasteiger partial charge in [-0.2, -0.15) is 0 Å². The van der Waals surface area contributed by atoms with Crippen LogP contribution in [0.1, 0.15) is 30.8 Å². The zero-order chi connectivity index (χ0) is 10.2. The molecule has 1 aliphatic carbocycles. The molecular formula is C11H14N2O. The van der Waals surface area contributed by atoms with Gasteiger partial charge in [-0.05, 0) is 31.4 Å². The Morgan fingerprint density at radius 3 is 2.86 bits per heavy atom. The Morgan fingerprint density at radius 1 is 1.64 bits per heavy atom. The Hall–Kier alpha value is -1.38. The summed E-state index contributed by atoms with van der Waals surface area (Å²) in [6.07, 6.45) is 2.69. The summed E-state index contributed by atoms with van der Waals surface area (Å²) in [5, 5.41) is 2.99. The molecule has 0 spiro atoms. The lowest BCUT2D eigenvalue weighted by molar-refractivity contribution is 0.0927. The zero-order valence-electron chi connectivity index (χ0n) is 8.45. The van der Waals surface area contributed by atoms with Crippen LogP contribution >= 0.6 is 0 Å². The highest BCUT2D eigenvalue weighted by Gasteiger charge is 2.47. The summed E-state index contributed by atoms with van der Waals surface area (Å²) in [5.41, 5.74) is 0.488. The second kappa shape index (κ2) is 3.08. The maximum Gasteiger partial charge on any atom is 0.270 e. The second-order valence-electron chi connectivity index (χ2n) is 4.19. The molecule has 1 saturated carbocycles. The first-order chi connectivity index (χ1) is 6.62. The second-order valence-corrected chi connectivity index (χ2v) is 4.19. The zero-order valence-corrected chi connectivity index (χ0v) is 8.45. The van der Waals surface area contributed by atoms with Crippen molar-refractivity contribution in [2.45, 2.75) is 25.8 Å². The summed E-state index contributed by atoms with van der Waals surface area (Å²) in [4.78, 5) is 15.7. The highest BCUT2D eigenvalue weighted by atomic mass is 16.2. The predicted octanol–water partition coefficient (Wildman–Crippen LogP) is 1.61. The number of hydrogen-bond donors (Lipinski definition) is 1. The monoisotopic (exact) mass is 190 g/mol. The molecule has 1 N–H and O–H groups in total. The highest BCUT2D eigenvalue weighted by Crippen LogP contribution is 2.42. The minimum atomic E-state index is -0.0718. The number of aromatic nitrogens is 1. The molecule has 1 heterocycles. The largest absolute Gasteiger partial charge is 0.345 e. The van der Waals surface area contributed by atoms with Gasteiger partial charge >= 0.3 is 0 Å². The van der Waals surface area contributed by atoms with Crippen LogP contribution in [0.3, 0.4) is 0 Å². The number of carbonyl (C=O) groups is 1. The van der Waals surface area contributed by atoms with Crippen LogP contribution in [-0.4, -0.2) is 16.4 Å². The SMILES string of the molecule is CC1CC1(C)NC(=O)c1ccccn1. The molecule has 1 aromatic heterocycles. The first-order valence-corrected chi connectivity index (χ1v) is 4.85. The maximum absolute atomic E-state index is 11.7. The lowest BCUT2D eigenvalue weighted by atomic mass is 10.2. The van der Waals surface area contributed by atoms with Gasteiger partial charge in [0.05, 0.1) is 0 Å². The van der Waals surface area contributed by atoms with E-state index >= 15 is 0 Å². The van der Waals surface area contributed by atoms with Gasteiger partial charge in [-0.15, -0.1) is 0 Å². The number of nitrogens with one attached hydrogen (secondary N) is 1. The predicted molar refractivity (Wildman–Crippen MR) is 53.9 cm³/mol. The molecule has 2 rings (SSSR count). The number of rotatable bonds is 2. The number of nitrogens with zero attached hydrogens (tertiary/aromatic N) is 1. The summed E-state index contributed by atoms with van der Waals surface area (Å²) in [6.45, 7) is 4.21. The molecule has 2 atom stereocenters. The number of pyridine rings is 1. The molecule has 0 bridgehead atoms. The van der Waals surface area contributed by atoms with Gasteiger partial charge in [0.1, 0.15) is 5.69 Å². The van der Waals surface area contributed by atoms with E-state index in [9.17, 15) is 4.79 Å². The molecule has 0 radical (unpaired) electrons. The van der Waals surface area contributed by atoms with E-state index < -0.39 is 0 Å². The first-order valence-electron chi connectivity index (χ1n) is 4.85. The average Bonchev–Trinajstić information content (AvgIpc) is 2.75. The van der Waals surface area contributed by atoms with Gasteiger partial charge in [-0.3, -0.25) is 9.78 Å². The molecule has 1 aliphatic rings. The van der Waals surface area contributed by atoms with Crippen molar-refractivity contribution in [2.75, 3.05) is 0 Å². The summed E-state index contributed by atoms with van der Waals surface area (Å²) in [6, 6.07) is 5.35. The first kappa shape index (κ1) is 9.19. The van der Waals surface area contributed by atoms with Crippen LogP contribution in [0.15, 0.2) is 24.4 Å². The van der Waals surface area contributed by atoms with Gasteiger partial charge in [0.2, 0.25) is 0 Å². The molecule has 0 aromatic carbocycles. The van der Waals surface area contributed by atoms with E-state index in [-0.39, 0.29) is 11.4 Å². The highest BCUT2D eigenvalue weighted by molar-refractivity contribution is 5.92. The maximum atomic E-state index is 11.7. The van der Waals surface area contributed by atoms with Crippen molar-refractivity contribution in [3.63, 3.8) is 0 Å². The van der Waals surface area contributed by atoms with Gasteiger partial charge < -0.3 is 5.32 Å². The topological polar surface area (TPSA) is 42.0 Å². The molecule has 14 heavy (non-hydrogen) atoms. The molecule has 0 saturated heterocycles. The normalized spacial score (nSPS) is 29.7. The summed E-state index contributed by atoms with van der Waals surface area (Å²) < 4.78 is 0. The Labute approximate surface area is 83.5 Å². The fraction of sp³-hybridized carbons (Fsp3) is 0.455. The van der Waals surface area contributed by atoms with Crippen molar-refractivity contribution >= 4 is 5.91 Å². The molecule has 3 heteroatoms. The third kappa shape index (κ3) is 1.62. The third-order valence-electron chi connectivity index (χ3n) is 2.95. The van der Waals surface area contributed by atoms with E-state index in [0.29, 0.717) is 11.6 Å². The summed E-state index contributed by atoms with van der Waals surface area (Å²) in [5.74, 6) is 0.507. The van der Waals surface area contributed by atoms with Crippen LogP contribution in [0.4, 0.5) is 0 Å². The van der Waals surface area contributed by atoms with E-state index in [1.54, 1.807) is 18.3 Å². The van der Waals surface area contributed by atoms with Gasteiger partial charge in [-0.25, -0.2) is 0 Å². The van der Waals surface area contributed by atoms with Crippen molar-refractivity contribution < 1.29 is 4.79 Å². The number of amides is 1. The molecule has 74 valence electrons. The molecule has 0 aliphatic heterocycles. The minimum absolute atomic E-state index is 0.00535. The summed E-state index contributed by atoms with van der Waals surface area (Å²) in [7, 11) is 0. The lowest BCUT2D eigenvalue weighted by Gasteiger charge is -2.11. The lowest BCUT2D eigenvalue weighted by Crippen LogP contribution is -2.36. The average molecular weight is 190 g/mol. The van der Waals surface area contributed by atoms with Crippen LogP contribution in [0.25, 0.3) is 0 Å². The van der Waals surface area contributed by atoms with Crippen LogP contribution in [0.5, 0.6) is 0 Å². The molecule has 1 fully saturated rings. The van der Waals surface area contributed by atoms with E-state index in [1.165, 1.54) is 0 Å². The van der Waals surface area contributed by atoms with Crippen LogP contribution < -0.4 is 5.32 Å². The number of hydrogen-bond acceptors (Lipinski definition) is 2. The molecular weight excluding hydrogens is 176 g/mol. The van der Waals surface area contributed by atoms with E-state index in [0.717, 1.165) is 6.42 Å². The van der Waals surface area contributed by atoms with Crippen LogP contribution in [0, 0.1) is 5.92 Å². The quantitative estimate of drug-likeness (QED) is 0.769. The van der Waals surface area contributed by atoms with Crippen molar-refractivity contribution in [3.8, 4) is 0 Å². The third-order valence-corrected chi connectivity index (χ3v) is 2.95. The van der Waals surface area contributed by atoms with Gasteiger partial charge in [0.15, 0.2) is 0 Å². The smallest absolute Gasteiger partial charge is 0.270 e. The van der Waals surface area contributed by atoms with Crippen LogP contribution in [-0.2, 0) is 0 Å². The van der Waals surface area contributed by atoms with E-state index in [2.05, 4.69) is 24.1 Å². The van der Waals surface area contributed by atoms with Crippen LogP contribution in [0.2, 0.25) is 0 Å². The van der Waals surface area contributed by atoms with Gasteiger partial charge in [0.25, 0.3) is 5.91 Å². The van der Waals surface area contributed by atoms with Crippen molar-refractivity contribution in [1.82, 2.24) is 10.3 Å². The molecule has 1 amide bonds. The Bertz CT molecular complexity index is 350. The Kier molecular flexibility index (Phi) is 2.02. The number of carbonyl (C=O) groups excluding carboxylic acids is 1. The minimum Gasteiger partial charge on any atom is -0.345 e.